The molecule has 168 valence electrons. The van der Waals surface area contributed by atoms with Crippen LogP contribution in [0.1, 0.15) is 16.1 Å². The first-order chi connectivity index (χ1) is 16.0. The highest BCUT2D eigenvalue weighted by Gasteiger charge is 2.21. The van der Waals surface area contributed by atoms with E-state index in [4.69, 9.17) is 13.9 Å². The molecule has 1 amide bonds. The van der Waals surface area contributed by atoms with Crippen LogP contribution in [-0.4, -0.2) is 35.4 Å². The van der Waals surface area contributed by atoms with Crippen LogP contribution in [0.15, 0.2) is 77.5 Å². The fraction of sp³-hybridized carbons (Fsp3) is 0.125. The number of carbonyl (C=O) groups is 2. The average Bonchev–Trinajstić information content (AvgIpc) is 3.52. The topological polar surface area (TPSA) is 95.6 Å². The third kappa shape index (κ3) is 5.27. The van der Waals surface area contributed by atoms with Crippen molar-refractivity contribution in [2.24, 2.45) is 0 Å². The molecule has 0 radical (unpaired) electrons. The minimum absolute atomic E-state index is 0.145. The van der Waals surface area contributed by atoms with Crippen molar-refractivity contribution in [3.63, 3.8) is 0 Å². The molecule has 2 aromatic heterocycles. The number of benzene rings is 2. The Morgan fingerprint density at radius 3 is 2.67 bits per heavy atom. The number of furan rings is 1. The van der Waals surface area contributed by atoms with Gasteiger partial charge in [0.05, 0.1) is 25.6 Å². The average molecular weight is 449 g/mol. The van der Waals surface area contributed by atoms with E-state index in [0.29, 0.717) is 28.5 Å². The van der Waals surface area contributed by atoms with Gasteiger partial charge in [0, 0.05) is 11.8 Å². The lowest BCUT2D eigenvalue weighted by atomic mass is 10.1. The Morgan fingerprint density at radius 1 is 1.12 bits per heavy atom. The van der Waals surface area contributed by atoms with Gasteiger partial charge in [-0.2, -0.15) is 5.10 Å². The predicted molar refractivity (Wildman–Crippen MR) is 116 cm³/mol. The third-order valence-corrected chi connectivity index (χ3v) is 4.74. The number of nitrogens with zero attached hydrogens (tertiary/aromatic N) is 2. The molecule has 0 saturated heterocycles. The van der Waals surface area contributed by atoms with E-state index in [-0.39, 0.29) is 17.9 Å². The molecule has 2 aromatic carbocycles. The molecule has 0 bridgehead atoms. The maximum absolute atomic E-state index is 13.3. The van der Waals surface area contributed by atoms with E-state index < -0.39 is 18.5 Å². The van der Waals surface area contributed by atoms with E-state index in [1.165, 1.54) is 48.5 Å². The minimum atomic E-state index is -0.727. The van der Waals surface area contributed by atoms with Crippen molar-refractivity contribution in [2.45, 2.75) is 6.54 Å². The number of hydrogen-bond acceptors (Lipinski definition) is 6. The SMILES string of the molecule is COc1cccc(-c2nn(-c3ccc(F)cc3)cc2C(=O)OCC(=O)NCc2ccco2)c1. The summed E-state index contributed by atoms with van der Waals surface area (Å²) in [5.74, 6) is -0.432. The number of methoxy groups -OCH3 is 1. The minimum Gasteiger partial charge on any atom is -0.497 e. The molecule has 1 N–H and O–H groups in total. The molecule has 0 aliphatic carbocycles. The zero-order chi connectivity index (χ0) is 23.2. The molecule has 0 saturated carbocycles. The Balaban J connectivity index is 1.56. The Labute approximate surface area is 188 Å². The molecule has 0 spiro atoms. The van der Waals surface area contributed by atoms with Crippen molar-refractivity contribution in [2.75, 3.05) is 13.7 Å². The van der Waals surface area contributed by atoms with Crippen LogP contribution in [0.3, 0.4) is 0 Å². The fourth-order valence-corrected chi connectivity index (χ4v) is 3.09. The zero-order valence-electron chi connectivity index (χ0n) is 17.7. The number of halogens is 1. The normalized spacial score (nSPS) is 10.6. The number of ether oxygens (including phenoxy) is 2. The molecule has 2 heterocycles. The van der Waals surface area contributed by atoms with Gasteiger partial charge in [0.25, 0.3) is 5.91 Å². The molecule has 4 aromatic rings. The van der Waals surface area contributed by atoms with Gasteiger partial charge in [-0.05, 0) is 48.5 Å². The van der Waals surface area contributed by atoms with Crippen LogP contribution >= 0.6 is 0 Å². The molecule has 8 nitrogen and oxygen atoms in total. The van der Waals surface area contributed by atoms with Crippen LogP contribution in [0, 0.1) is 5.82 Å². The Hall–Kier alpha value is -4.40. The van der Waals surface area contributed by atoms with Crippen molar-refractivity contribution in [1.82, 2.24) is 15.1 Å². The lowest BCUT2D eigenvalue weighted by Crippen LogP contribution is -2.28. The van der Waals surface area contributed by atoms with Gasteiger partial charge < -0.3 is 19.2 Å². The standard InChI is InChI=1S/C24H20FN3O5/c1-31-19-5-2-4-16(12-19)23-21(14-28(27-23)18-9-7-17(25)8-10-18)24(30)33-15-22(29)26-13-20-6-3-11-32-20/h2-12,14H,13,15H2,1H3,(H,26,29). The molecule has 0 atom stereocenters. The van der Waals surface area contributed by atoms with E-state index in [1.54, 1.807) is 36.4 Å². The van der Waals surface area contributed by atoms with E-state index in [9.17, 15) is 14.0 Å². The van der Waals surface area contributed by atoms with Crippen LogP contribution in [0.4, 0.5) is 4.39 Å². The van der Waals surface area contributed by atoms with Gasteiger partial charge in [-0.1, -0.05) is 12.1 Å². The third-order valence-electron chi connectivity index (χ3n) is 4.74. The van der Waals surface area contributed by atoms with Gasteiger partial charge in [0.1, 0.15) is 28.6 Å². The number of hydrogen-bond donors (Lipinski definition) is 1. The number of aromatic nitrogens is 2. The summed E-state index contributed by atoms with van der Waals surface area (Å²) in [5, 5.41) is 7.11. The van der Waals surface area contributed by atoms with Crippen LogP contribution in [0.5, 0.6) is 5.75 Å². The van der Waals surface area contributed by atoms with E-state index >= 15 is 0 Å². The highest BCUT2D eigenvalue weighted by atomic mass is 19.1. The Morgan fingerprint density at radius 2 is 1.94 bits per heavy atom. The van der Waals surface area contributed by atoms with E-state index in [0.717, 1.165) is 0 Å². The summed E-state index contributed by atoms with van der Waals surface area (Å²) in [4.78, 5) is 24.9. The van der Waals surface area contributed by atoms with Gasteiger partial charge in [0.2, 0.25) is 0 Å². The van der Waals surface area contributed by atoms with Crippen LogP contribution < -0.4 is 10.1 Å². The van der Waals surface area contributed by atoms with Gasteiger partial charge in [0.15, 0.2) is 6.61 Å². The summed E-state index contributed by atoms with van der Waals surface area (Å²) >= 11 is 0. The summed E-state index contributed by atoms with van der Waals surface area (Å²) in [6.07, 6.45) is 2.98. The fourth-order valence-electron chi connectivity index (χ4n) is 3.09. The molecule has 0 unspecified atom stereocenters. The van der Waals surface area contributed by atoms with Crippen LogP contribution in [0.2, 0.25) is 0 Å². The monoisotopic (exact) mass is 449 g/mol. The summed E-state index contributed by atoms with van der Waals surface area (Å²) in [7, 11) is 1.53. The van der Waals surface area contributed by atoms with E-state index in [2.05, 4.69) is 10.4 Å². The summed E-state index contributed by atoms with van der Waals surface area (Å²) in [6.45, 7) is -0.292. The first-order valence-electron chi connectivity index (χ1n) is 10.00. The zero-order valence-corrected chi connectivity index (χ0v) is 17.7. The van der Waals surface area contributed by atoms with Crippen molar-refractivity contribution in [3.8, 4) is 22.7 Å². The van der Waals surface area contributed by atoms with Gasteiger partial charge in [-0.15, -0.1) is 0 Å². The Bertz CT molecular complexity index is 1250. The molecule has 4 rings (SSSR count). The Kier molecular flexibility index (Phi) is 6.49. The number of esters is 1. The van der Waals surface area contributed by atoms with E-state index in [1.807, 2.05) is 0 Å². The number of rotatable bonds is 8. The van der Waals surface area contributed by atoms with Crippen molar-refractivity contribution >= 4 is 11.9 Å². The van der Waals surface area contributed by atoms with Gasteiger partial charge >= 0.3 is 5.97 Å². The molecule has 0 fully saturated rings. The van der Waals surface area contributed by atoms with Crippen molar-refractivity contribution in [3.05, 3.63) is 90.3 Å². The highest BCUT2D eigenvalue weighted by molar-refractivity contribution is 5.97. The lowest BCUT2D eigenvalue weighted by molar-refractivity contribution is -0.124. The number of nitrogens with one attached hydrogen (secondary N) is 1. The summed E-state index contributed by atoms with van der Waals surface area (Å²) < 4.78 is 30.4. The molecule has 9 heteroatoms. The quantitative estimate of drug-likeness (QED) is 0.412. The van der Waals surface area contributed by atoms with Gasteiger partial charge in [-0.3, -0.25) is 4.79 Å². The van der Waals surface area contributed by atoms with Gasteiger partial charge in [-0.25, -0.2) is 13.9 Å². The summed E-state index contributed by atoms with van der Waals surface area (Å²) in [5.41, 5.74) is 1.64. The lowest BCUT2D eigenvalue weighted by Gasteiger charge is -2.06. The molecular weight excluding hydrogens is 429 g/mol. The number of carbonyl (C=O) groups excluding carboxylic acids is 2. The van der Waals surface area contributed by atoms with Crippen molar-refractivity contribution < 1.29 is 27.9 Å². The first-order valence-corrected chi connectivity index (χ1v) is 10.00. The largest absolute Gasteiger partial charge is 0.497 e. The highest BCUT2D eigenvalue weighted by Crippen LogP contribution is 2.27. The second-order valence-corrected chi connectivity index (χ2v) is 6.98. The van der Waals surface area contributed by atoms with Crippen LogP contribution in [-0.2, 0) is 16.1 Å². The molecular formula is C24H20FN3O5. The maximum Gasteiger partial charge on any atom is 0.342 e. The maximum atomic E-state index is 13.3. The first kappa shape index (κ1) is 21.8. The second kappa shape index (κ2) is 9.82. The second-order valence-electron chi connectivity index (χ2n) is 6.98. The van der Waals surface area contributed by atoms with Crippen molar-refractivity contribution in [1.29, 1.82) is 0 Å². The smallest absolute Gasteiger partial charge is 0.342 e. The summed E-state index contributed by atoms with van der Waals surface area (Å²) in [6, 6.07) is 16.1. The molecule has 0 aliphatic heterocycles. The van der Waals surface area contributed by atoms with Crippen LogP contribution in [0.25, 0.3) is 16.9 Å². The molecule has 33 heavy (non-hydrogen) atoms. The molecule has 0 aliphatic rings. The number of amides is 1. The predicted octanol–water partition coefficient (Wildman–Crippen LogP) is 3.75.